The molecule has 0 saturated carbocycles. The van der Waals surface area contributed by atoms with Gasteiger partial charge in [0.2, 0.25) is 0 Å². The Hall–Kier alpha value is -0.610. The topological polar surface area (TPSA) is 32.8 Å². The summed E-state index contributed by atoms with van der Waals surface area (Å²) >= 11 is 0. The third kappa shape index (κ3) is 2.38. The lowest BCUT2D eigenvalue weighted by Gasteiger charge is -2.29. The zero-order valence-corrected chi connectivity index (χ0v) is 10.3. The van der Waals surface area contributed by atoms with E-state index in [9.17, 15) is 4.79 Å². The van der Waals surface area contributed by atoms with Crippen molar-refractivity contribution in [2.75, 3.05) is 40.3 Å². The van der Waals surface area contributed by atoms with Crippen molar-refractivity contribution >= 4 is 5.97 Å². The van der Waals surface area contributed by atoms with Gasteiger partial charge in [0.15, 0.2) is 0 Å². The standard InChI is InChI=1S/C12H22N2O2/c1-13-8-5-10(9-13)11(12(15)16-2)14-6-3-4-7-14/h10-11H,3-9H2,1-2H3. The van der Waals surface area contributed by atoms with E-state index in [0.717, 1.165) is 32.6 Å². The Labute approximate surface area is 97.5 Å². The normalized spacial score (nSPS) is 29.5. The lowest BCUT2D eigenvalue weighted by Crippen LogP contribution is -2.46. The number of ether oxygens (including phenoxy) is 1. The van der Waals surface area contributed by atoms with Crippen molar-refractivity contribution in [3.8, 4) is 0 Å². The van der Waals surface area contributed by atoms with Gasteiger partial charge in [-0.15, -0.1) is 0 Å². The van der Waals surface area contributed by atoms with E-state index in [0.29, 0.717) is 5.92 Å². The third-order valence-electron chi connectivity index (χ3n) is 3.85. The minimum atomic E-state index is -0.0396. The van der Waals surface area contributed by atoms with E-state index in [-0.39, 0.29) is 12.0 Å². The van der Waals surface area contributed by atoms with Crippen LogP contribution in [0.5, 0.6) is 0 Å². The molecule has 4 heteroatoms. The van der Waals surface area contributed by atoms with E-state index in [1.165, 1.54) is 20.0 Å². The molecule has 2 fully saturated rings. The first-order chi connectivity index (χ1) is 7.72. The predicted molar refractivity (Wildman–Crippen MR) is 62.2 cm³/mol. The Balaban J connectivity index is 2.04. The maximum atomic E-state index is 11.9. The number of carbonyl (C=O) groups excluding carboxylic acids is 1. The molecule has 2 unspecified atom stereocenters. The van der Waals surface area contributed by atoms with Crippen LogP contribution >= 0.6 is 0 Å². The van der Waals surface area contributed by atoms with E-state index in [1.54, 1.807) is 0 Å². The van der Waals surface area contributed by atoms with Gasteiger partial charge in [-0.3, -0.25) is 9.69 Å². The first kappa shape index (κ1) is 11.9. The van der Waals surface area contributed by atoms with Crippen LogP contribution in [0.15, 0.2) is 0 Å². The van der Waals surface area contributed by atoms with Crippen LogP contribution in [0.2, 0.25) is 0 Å². The van der Waals surface area contributed by atoms with Gasteiger partial charge in [-0.25, -0.2) is 0 Å². The number of methoxy groups -OCH3 is 1. The smallest absolute Gasteiger partial charge is 0.323 e. The summed E-state index contributed by atoms with van der Waals surface area (Å²) in [6.45, 7) is 4.24. The number of esters is 1. The molecule has 0 bridgehead atoms. The van der Waals surface area contributed by atoms with E-state index in [1.807, 2.05) is 0 Å². The Bertz CT molecular complexity index is 251. The minimum absolute atomic E-state index is 0.00236. The average Bonchev–Trinajstić information content (AvgIpc) is 2.91. The van der Waals surface area contributed by atoms with Gasteiger partial charge in [0, 0.05) is 6.54 Å². The maximum absolute atomic E-state index is 11.9. The number of hydrogen-bond acceptors (Lipinski definition) is 4. The molecule has 2 rings (SSSR count). The van der Waals surface area contributed by atoms with E-state index in [4.69, 9.17) is 4.74 Å². The van der Waals surface area contributed by atoms with E-state index >= 15 is 0 Å². The minimum Gasteiger partial charge on any atom is -0.468 e. The second-order valence-corrected chi connectivity index (χ2v) is 5.02. The molecule has 2 aliphatic heterocycles. The van der Waals surface area contributed by atoms with Crippen LogP contribution in [0.1, 0.15) is 19.3 Å². The van der Waals surface area contributed by atoms with Crippen molar-refractivity contribution in [3.05, 3.63) is 0 Å². The summed E-state index contributed by atoms with van der Waals surface area (Å²) in [6.07, 6.45) is 3.55. The van der Waals surface area contributed by atoms with Crippen molar-refractivity contribution in [1.29, 1.82) is 0 Å². The molecule has 0 aliphatic carbocycles. The van der Waals surface area contributed by atoms with E-state index in [2.05, 4.69) is 16.8 Å². The second-order valence-electron chi connectivity index (χ2n) is 5.02. The molecule has 0 N–H and O–H groups in total. The van der Waals surface area contributed by atoms with Crippen molar-refractivity contribution in [2.45, 2.75) is 25.3 Å². The maximum Gasteiger partial charge on any atom is 0.323 e. The summed E-state index contributed by atoms with van der Waals surface area (Å²) < 4.78 is 4.97. The summed E-state index contributed by atoms with van der Waals surface area (Å²) in [5, 5.41) is 0. The number of carbonyl (C=O) groups is 1. The predicted octanol–water partition coefficient (Wildman–Crippen LogP) is 0.575. The van der Waals surface area contributed by atoms with Gasteiger partial charge in [0.05, 0.1) is 7.11 Å². The summed E-state index contributed by atoms with van der Waals surface area (Å²) in [6, 6.07) is -0.00236. The molecule has 0 aromatic heterocycles. The van der Waals surface area contributed by atoms with E-state index < -0.39 is 0 Å². The molecular weight excluding hydrogens is 204 g/mol. The average molecular weight is 226 g/mol. The number of likely N-dealkylation sites (tertiary alicyclic amines) is 2. The van der Waals surface area contributed by atoms with Gasteiger partial charge in [0.25, 0.3) is 0 Å². The van der Waals surface area contributed by atoms with Crippen LogP contribution in [0.25, 0.3) is 0 Å². The molecule has 0 aromatic rings. The van der Waals surface area contributed by atoms with Gasteiger partial charge >= 0.3 is 5.97 Å². The highest BCUT2D eigenvalue weighted by molar-refractivity contribution is 5.76. The highest BCUT2D eigenvalue weighted by Gasteiger charge is 2.38. The van der Waals surface area contributed by atoms with Crippen LogP contribution < -0.4 is 0 Å². The van der Waals surface area contributed by atoms with Gasteiger partial charge in [0.1, 0.15) is 6.04 Å². The van der Waals surface area contributed by atoms with Gasteiger partial charge in [-0.1, -0.05) is 0 Å². The first-order valence-electron chi connectivity index (χ1n) is 6.23. The van der Waals surface area contributed by atoms with Crippen LogP contribution in [-0.2, 0) is 9.53 Å². The van der Waals surface area contributed by atoms with Crippen LogP contribution in [0.3, 0.4) is 0 Å². The fourth-order valence-electron chi connectivity index (χ4n) is 3.01. The monoisotopic (exact) mass is 226 g/mol. The summed E-state index contributed by atoms with van der Waals surface area (Å²) in [5.74, 6) is 0.415. The summed E-state index contributed by atoms with van der Waals surface area (Å²) in [5.41, 5.74) is 0. The van der Waals surface area contributed by atoms with Crippen molar-refractivity contribution < 1.29 is 9.53 Å². The lowest BCUT2D eigenvalue weighted by atomic mass is 9.97. The Morgan fingerprint density at radius 1 is 1.31 bits per heavy atom. The molecule has 2 atom stereocenters. The molecule has 2 saturated heterocycles. The first-order valence-corrected chi connectivity index (χ1v) is 6.23. The van der Waals surface area contributed by atoms with Gasteiger partial charge in [-0.05, 0) is 51.9 Å². The quantitative estimate of drug-likeness (QED) is 0.659. The molecule has 92 valence electrons. The lowest BCUT2D eigenvalue weighted by molar-refractivity contribution is -0.148. The molecule has 4 nitrogen and oxygen atoms in total. The van der Waals surface area contributed by atoms with Gasteiger partial charge < -0.3 is 9.64 Å². The highest BCUT2D eigenvalue weighted by atomic mass is 16.5. The summed E-state index contributed by atoms with van der Waals surface area (Å²) in [4.78, 5) is 16.5. The molecule has 0 radical (unpaired) electrons. The zero-order chi connectivity index (χ0) is 11.5. The Kier molecular flexibility index (Phi) is 3.82. The SMILES string of the molecule is COC(=O)C(C1CCN(C)C1)N1CCCC1. The highest BCUT2D eigenvalue weighted by Crippen LogP contribution is 2.26. The Morgan fingerprint density at radius 3 is 2.50 bits per heavy atom. The molecule has 16 heavy (non-hydrogen) atoms. The Morgan fingerprint density at radius 2 is 2.00 bits per heavy atom. The van der Waals surface area contributed by atoms with Crippen LogP contribution in [-0.4, -0.2) is 62.1 Å². The third-order valence-corrected chi connectivity index (χ3v) is 3.85. The van der Waals surface area contributed by atoms with Crippen LogP contribution in [0, 0.1) is 5.92 Å². The van der Waals surface area contributed by atoms with Crippen LogP contribution in [0.4, 0.5) is 0 Å². The van der Waals surface area contributed by atoms with Gasteiger partial charge in [-0.2, -0.15) is 0 Å². The largest absolute Gasteiger partial charge is 0.468 e. The molecule has 2 heterocycles. The zero-order valence-electron chi connectivity index (χ0n) is 10.3. The fourth-order valence-corrected chi connectivity index (χ4v) is 3.01. The van der Waals surface area contributed by atoms with Crippen molar-refractivity contribution in [1.82, 2.24) is 9.80 Å². The second kappa shape index (κ2) is 5.15. The molecule has 0 spiro atoms. The molecule has 0 aromatic carbocycles. The molecule has 0 amide bonds. The molecule has 2 aliphatic rings. The van der Waals surface area contributed by atoms with Crippen molar-refractivity contribution in [2.24, 2.45) is 5.92 Å². The van der Waals surface area contributed by atoms with Crippen molar-refractivity contribution in [3.63, 3.8) is 0 Å². The fraction of sp³-hybridized carbons (Fsp3) is 0.917. The number of hydrogen-bond donors (Lipinski definition) is 0. The number of rotatable bonds is 3. The number of nitrogens with zero attached hydrogens (tertiary/aromatic N) is 2. The molecular formula is C12H22N2O2. The summed E-state index contributed by atoms with van der Waals surface area (Å²) in [7, 11) is 3.63.